The van der Waals surface area contributed by atoms with Crippen molar-refractivity contribution in [1.29, 1.82) is 0 Å². The Labute approximate surface area is 182 Å². The molecule has 2 aromatic heterocycles. The van der Waals surface area contributed by atoms with Gasteiger partial charge < -0.3 is 4.74 Å². The molecule has 0 bridgehead atoms. The highest BCUT2D eigenvalue weighted by Crippen LogP contribution is 2.30. The minimum absolute atomic E-state index is 0.0133. The van der Waals surface area contributed by atoms with E-state index in [1.165, 1.54) is 10.8 Å². The van der Waals surface area contributed by atoms with E-state index >= 15 is 0 Å². The fraction of sp³-hybridized carbons (Fsp3) is 0.316. The quantitative estimate of drug-likeness (QED) is 0.411. The third-order valence-corrected chi connectivity index (χ3v) is 7.10. The summed E-state index contributed by atoms with van der Waals surface area (Å²) >= 11 is 6.37. The number of rotatable bonds is 5. The molecule has 4 rings (SSSR count). The van der Waals surface area contributed by atoms with Gasteiger partial charge in [-0.3, -0.25) is 4.79 Å². The van der Waals surface area contributed by atoms with Crippen molar-refractivity contribution < 1.29 is 17.9 Å². The Morgan fingerprint density at radius 3 is 2.87 bits per heavy atom. The molecule has 1 aliphatic heterocycles. The Morgan fingerprint density at radius 2 is 2.13 bits per heavy atom. The van der Waals surface area contributed by atoms with E-state index in [0.29, 0.717) is 28.6 Å². The third kappa shape index (κ3) is 4.37. The lowest BCUT2D eigenvalue weighted by atomic mass is 10.2. The van der Waals surface area contributed by atoms with Crippen molar-refractivity contribution >= 4 is 44.4 Å². The minimum Gasteiger partial charge on any atom is -0.439 e. The van der Waals surface area contributed by atoms with E-state index in [1.54, 1.807) is 31.2 Å². The summed E-state index contributed by atoms with van der Waals surface area (Å²) in [4.78, 5) is 24.5. The highest BCUT2D eigenvalue weighted by molar-refractivity contribution is 7.91. The Morgan fingerprint density at radius 1 is 1.35 bits per heavy atom. The molecule has 0 aliphatic carbocycles. The van der Waals surface area contributed by atoms with Crippen LogP contribution in [0.25, 0.3) is 17.0 Å². The van der Waals surface area contributed by atoms with Gasteiger partial charge in [-0.2, -0.15) is 9.78 Å². The van der Waals surface area contributed by atoms with Crippen LogP contribution in [0, 0.1) is 6.92 Å². The molecule has 31 heavy (non-hydrogen) atoms. The number of aromatic nitrogens is 5. The predicted molar refractivity (Wildman–Crippen MR) is 113 cm³/mol. The number of sulfone groups is 1. The fourth-order valence-corrected chi connectivity index (χ4v) is 5.43. The SMILES string of the molecule is Cc1nn([C@H]2CCS(=O)(=O)C2)c(Cl)c1/C=C/C(=O)OCn1nnc2ccccc2c1=O. The Hall–Kier alpha value is -3.05. The predicted octanol–water partition coefficient (Wildman–Crippen LogP) is 1.52. The molecule has 1 fully saturated rings. The zero-order valence-electron chi connectivity index (χ0n) is 16.4. The highest BCUT2D eigenvalue weighted by Gasteiger charge is 2.31. The summed E-state index contributed by atoms with van der Waals surface area (Å²) in [5.74, 6) is -0.629. The number of esters is 1. The topological polar surface area (TPSA) is 126 Å². The maximum Gasteiger partial charge on any atom is 0.332 e. The van der Waals surface area contributed by atoms with Gasteiger partial charge in [0.05, 0.1) is 28.6 Å². The van der Waals surface area contributed by atoms with E-state index < -0.39 is 28.1 Å². The summed E-state index contributed by atoms with van der Waals surface area (Å²) < 4.78 is 31.0. The number of nitrogens with zero attached hydrogens (tertiary/aromatic N) is 5. The molecule has 162 valence electrons. The van der Waals surface area contributed by atoms with Gasteiger partial charge in [0.15, 0.2) is 16.6 Å². The maximum absolute atomic E-state index is 12.4. The molecular formula is C19H18ClN5O5S. The average Bonchev–Trinajstić information content (AvgIpc) is 3.24. The van der Waals surface area contributed by atoms with E-state index in [0.717, 1.165) is 10.8 Å². The Balaban J connectivity index is 1.45. The number of hydrogen-bond acceptors (Lipinski definition) is 8. The molecule has 1 saturated heterocycles. The molecule has 0 unspecified atom stereocenters. The molecule has 0 amide bonds. The van der Waals surface area contributed by atoms with Crippen LogP contribution in [-0.4, -0.2) is 50.7 Å². The first-order chi connectivity index (χ1) is 14.7. The third-order valence-electron chi connectivity index (χ3n) is 4.97. The number of carbonyl (C=O) groups is 1. The fourth-order valence-electron chi connectivity index (χ4n) is 3.36. The smallest absolute Gasteiger partial charge is 0.332 e. The number of fused-ring (bicyclic) bond motifs is 1. The van der Waals surface area contributed by atoms with Crippen molar-refractivity contribution in [2.24, 2.45) is 0 Å². The van der Waals surface area contributed by atoms with Crippen molar-refractivity contribution in [2.45, 2.75) is 26.1 Å². The van der Waals surface area contributed by atoms with Crippen LogP contribution in [0.2, 0.25) is 5.15 Å². The Bertz CT molecular complexity index is 1360. The van der Waals surface area contributed by atoms with E-state index in [-0.39, 0.29) is 22.7 Å². The average molecular weight is 464 g/mol. The van der Waals surface area contributed by atoms with Gasteiger partial charge in [0, 0.05) is 11.6 Å². The van der Waals surface area contributed by atoms with Gasteiger partial charge in [-0.15, -0.1) is 5.10 Å². The summed E-state index contributed by atoms with van der Waals surface area (Å²) in [7, 11) is -3.09. The van der Waals surface area contributed by atoms with E-state index in [1.807, 2.05) is 0 Å². The molecule has 3 aromatic rings. The van der Waals surface area contributed by atoms with Crippen LogP contribution < -0.4 is 5.56 Å². The summed E-state index contributed by atoms with van der Waals surface area (Å²) in [5.41, 5.74) is 1.07. The van der Waals surface area contributed by atoms with Gasteiger partial charge in [0.1, 0.15) is 10.7 Å². The molecule has 0 N–H and O–H groups in total. The summed E-state index contributed by atoms with van der Waals surface area (Å²) in [6.07, 6.45) is 3.04. The molecule has 12 heteroatoms. The highest BCUT2D eigenvalue weighted by atomic mass is 35.5. The second-order valence-corrected chi connectivity index (χ2v) is 9.72. The van der Waals surface area contributed by atoms with Gasteiger partial charge in [0.25, 0.3) is 5.56 Å². The second-order valence-electron chi connectivity index (χ2n) is 7.13. The van der Waals surface area contributed by atoms with Crippen molar-refractivity contribution in [3.05, 3.63) is 57.1 Å². The molecule has 10 nitrogen and oxygen atoms in total. The molecule has 1 aliphatic rings. The Kier molecular flexibility index (Phi) is 5.63. The van der Waals surface area contributed by atoms with Crippen LogP contribution in [0.15, 0.2) is 35.1 Å². The first-order valence-corrected chi connectivity index (χ1v) is 11.6. The van der Waals surface area contributed by atoms with Gasteiger partial charge >= 0.3 is 5.97 Å². The van der Waals surface area contributed by atoms with Crippen LogP contribution in [0.3, 0.4) is 0 Å². The molecule has 0 radical (unpaired) electrons. The normalized spacial score (nSPS) is 18.1. The number of hydrogen-bond donors (Lipinski definition) is 0. The summed E-state index contributed by atoms with van der Waals surface area (Å²) in [5, 5.41) is 12.6. The van der Waals surface area contributed by atoms with Gasteiger partial charge in [0.2, 0.25) is 0 Å². The number of benzene rings is 1. The largest absolute Gasteiger partial charge is 0.439 e. The van der Waals surface area contributed by atoms with Crippen molar-refractivity contribution in [2.75, 3.05) is 11.5 Å². The molecule has 1 aromatic carbocycles. The zero-order valence-corrected chi connectivity index (χ0v) is 18.0. The molecule has 0 saturated carbocycles. The van der Waals surface area contributed by atoms with E-state index in [9.17, 15) is 18.0 Å². The molecular weight excluding hydrogens is 446 g/mol. The van der Waals surface area contributed by atoms with Crippen molar-refractivity contribution in [1.82, 2.24) is 24.8 Å². The van der Waals surface area contributed by atoms with E-state index in [2.05, 4.69) is 15.4 Å². The zero-order chi connectivity index (χ0) is 22.2. The first kappa shape index (κ1) is 21.2. The van der Waals surface area contributed by atoms with Gasteiger partial charge in [-0.25, -0.2) is 17.9 Å². The second kappa shape index (κ2) is 8.23. The van der Waals surface area contributed by atoms with Crippen molar-refractivity contribution in [3.8, 4) is 0 Å². The van der Waals surface area contributed by atoms with Crippen LogP contribution in [0.5, 0.6) is 0 Å². The number of aryl methyl sites for hydroxylation is 1. The standard InChI is InChI=1S/C19H18ClN5O5S/c1-12-14(18(20)25(22-12)13-8-9-31(28,29)10-13)6-7-17(26)30-11-24-19(27)15-4-2-3-5-16(15)21-23-24/h2-7,13H,8-11H2,1H3/b7-6+/t13-/m0/s1. The van der Waals surface area contributed by atoms with Crippen molar-refractivity contribution in [3.63, 3.8) is 0 Å². The van der Waals surface area contributed by atoms with E-state index in [4.69, 9.17) is 16.3 Å². The number of ether oxygens (including phenoxy) is 1. The summed E-state index contributed by atoms with van der Waals surface area (Å²) in [6.45, 7) is 1.31. The first-order valence-electron chi connectivity index (χ1n) is 9.37. The lowest BCUT2D eigenvalue weighted by molar-refractivity contribution is -0.141. The maximum atomic E-state index is 12.4. The van der Waals surface area contributed by atoms with Gasteiger partial charge in [-0.1, -0.05) is 28.9 Å². The molecule has 0 spiro atoms. The van der Waals surface area contributed by atoms with Crippen LogP contribution >= 0.6 is 11.6 Å². The van der Waals surface area contributed by atoms with Crippen LogP contribution in [-0.2, 0) is 26.1 Å². The lowest BCUT2D eigenvalue weighted by Gasteiger charge is -2.09. The lowest BCUT2D eigenvalue weighted by Crippen LogP contribution is -2.26. The minimum atomic E-state index is -3.09. The van der Waals surface area contributed by atoms with Gasteiger partial charge in [-0.05, 0) is 31.6 Å². The van der Waals surface area contributed by atoms with Crippen LogP contribution in [0.4, 0.5) is 0 Å². The summed E-state index contributed by atoms with van der Waals surface area (Å²) in [6, 6.07) is 6.40. The molecule has 3 heterocycles. The number of carbonyl (C=O) groups excluding carboxylic acids is 1. The molecule has 1 atom stereocenters. The number of halogens is 1. The van der Waals surface area contributed by atoms with Crippen LogP contribution in [0.1, 0.15) is 23.7 Å². The monoisotopic (exact) mass is 463 g/mol.